The molecule has 0 unspecified atom stereocenters. The lowest BCUT2D eigenvalue weighted by atomic mass is 9.74. The number of halogens is 7. The van der Waals surface area contributed by atoms with E-state index < -0.39 is 47.4 Å². The second kappa shape index (κ2) is 15.2. The van der Waals surface area contributed by atoms with E-state index in [0.29, 0.717) is 75.7 Å². The minimum atomic E-state index is -5.13. The van der Waals surface area contributed by atoms with Gasteiger partial charge in [-0.15, -0.1) is 0 Å². The van der Waals surface area contributed by atoms with Gasteiger partial charge in [0.15, 0.2) is 6.29 Å². The molecule has 4 aliphatic rings. The summed E-state index contributed by atoms with van der Waals surface area (Å²) < 4.78 is 115. The number of unbranched alkanes of at least 4 members (excludes halogenated alkanes) is 2. The van der Waals surface area contributed by atoms with Crippen LogP contribution in [0.2, 0.25) is 0 Å². The average Bonchev–Trinajstić information content (AvgIpc) is 3.01. The van der Waals surface area contributed by atoms with Gasteiger partial charge in [-0.2, -0.15) is 22.0 Å². The Morgan fingerprint density at radius 3 is 1.84 bits per heavy atom. The van der Waals surface area contributed by atoms with E-state index in [9.17, 15) is 22.0 Å². The molecule has 1 heterocycles. The third-order valence-corrected chi connectivity index (χ3v) is 11.2. The molecule has 0 N–H and O–H groups in total. The van der Waals surface area contributed by atoms with E-state index in [1.807, 2.05) is 0 Å². The Balaban J connectivity index is 1.01. The molecule has 1 aliphatic heterocycles. The van der Waals surface area contributed by atoms with Gasteiger partial charge >= 0.3 is 12.3 Å². The van der Waals surface area contributed by atoms with Crippen LogP contribution in [0.15, 0.2) is 12.1 Å². The Bertz CT molecular complexity index is 1040. The lowest BCUT2D eigenvalue weighted by Gasteiger charge is -2.42. The van der Waals surface area contributed by atoms with Gasteiger partial charge in [-0.05, 0) is 99.7 Å². The van der Waals surface area contributed by atoms with Crippen LogP contribution in [0.5, 0.6) is 0 Å². The Morgan fingerprint density at radius 2 is 1.29 bits per heavy atom. The zero-order valence-electron chi connectivity index (χ0n) is 26.4. The van der Waals surface area contributed by atoms with Crippen LogP contribution in [0.4, 0.5) is 30.7 Å². The molecule has 0 atom stereocenters. The predicted octanol–water partition coefficient (Wildman–Crippen LogP) is 10.8. The highest BCUT2D eigenvalue weighted by Crippen LogP contribution is 2.45. The van der Waals surface area contributed by atoms with E-state index in [2.05, 4.69) is 6.92 Å². The molecule has 0 bridgehead atoms. The number of hydrogen-bond acceptors (Lipinski definition) is 3. The van der Waals surface area contributed by atoms with Gasteiger partial charge in [0.05, 0.1) is 25.2 Å². The van der Waals surface area contributed by atoms with Crippen molar-refractivity contribution in [1.82, 2.24) is 0 Å². The number of ether oxygens (including phenoxy) is 3. The Labute approximate surface area is 262 Å². The van der Waals surface area contributed by atoms with Crippen molar-refractivity contribution >= 4 is 0 Å². The maximum Gasteiger partial charge on any atom is 0.422 e. The molecule has 45 heavy (non-hydrogen) atoms. The Kier molecular flexibility index (Phi) is 11.8. The Hall–Kier alpha value is -1.39. The van der Waals surface area contributed by atoms with Crippen LogP contribution in [0.25, 0.3) is 0 Å². The Morgan fingerprint density at radius 1 is 0.711 bits per heavy atom. The first-order chi connectivity index (χ1) is 21.4. The van der Waals surface area contributed by atoms with Crippen LogP contribution in [-0.4, -0.2) is 31.7 Å². The molecule has 5 rings (SSSR count). The largest absolute Gasteiger partial charge is 0.422 e. The van der Waals surface area contributed by atoms with E-state index in [4.69, 9.17) is 14.2 Å². The maximum atomic E-state index is 15.2. The molecule has 3 aliphatic carbocycles. The van der Waals surface area contributed by atoms with Crippen molar-refractivity contribution in [3.05, 3.63) is 34.9 Å². The summed E-state index contributed by atoms with van der Waals surface area (Å²) in [5.74, 6) is -2.62. The smallest absolute Gasteiger partial charge is 0.352 e. The van der Waals surface area contributed by atoms with Crippen molar-refractivity contribution in [3.63, 3.8) is 0 Å². The summed E-state index contributed by atoms with van der Waals surface area (Å²) in [6.45, 7) is 3.61. The number of hydrogen-bond donors (Lipinski definition) is 0. The van der Waals surface area contributed by atoms with Crippen LogP contribution >= 0.6 is 0 Å². The van der Waals surface area contributed by atoms with Crippen LogP contribution in [-0.2, 0) is 20.4 Å². The van der Waals surface area contributed by atoms with Crippen LogP contribution in [0.1, 0.15) is 127 Å². The zero-order valence-corrected chi connectivity index (χ0v) is 26.4. The fourth-order valence-corrected chi connectivity index (χ4v) is 8.37. The van der Waals surface area contributed by atoms with Crippen LogP contribution in [0, 0.1) is 41.2 Å². The van der Waals surface area contributed by atoms with E-state index in [1.54, 1.807) is 0 Å². The number of rotatable bonds is 10. The lowest BCUT2D eigenvalue weighted by Crippen LogP contribution is -2.43. The molecule has 256 valence electrons. The predicted molar refractivity (Wildman–Crippen MR) is 157 cm³/mol. The molecule has 1 aromatic rings. The van der Waals surface area contributed by atoms with Crippen molar-refractivity contribution in [2.75, 3.05) is 13.2 Å². The summed E-state index contributed by atoms with van der Waals surface area (Å²) in [6, 6.07) is 1.43. The van der Waals surface area contributed by atoms with Gasteiger partial charge in [0.25, 0.3) is 0 Å². The highest BCUT2D eigenvalue weighted by molar-refractivity contribution is 5.30. The molecule has 3 nitrogen and oxygen atoms in total. The molecule has 10 heteroatoms. The average molecular weight is 651 g/mol. The van der Waals surface area contributed by atoms with Gasteiger partial charge in [-0.25, -0.2) is 8.78 Å². The van der Waals surface area contributed by atoms with Crippen molar-refractivity contribution in [2.24, 2.45) is 29.6 Å². The highest BCUT2D eigenvalue weighted by Gasteiger charge is 2.47. The van der Waals surface area contributed by atoms with Crippen molar-refractivity contribution in [2.45, 2.75) is 140 Å². The second-order valence-corrected chi connectivity index (χ2v) is 14.2. The van der Waals surface area contributed by atoms with Gasteiger partial charge in [0, 0.05) is 11.8 Å². The van der Waals surface area contributed by atoms with Gasteiger partial charge in [-0.1, -0.05) is 45.4 Å². The van der Waals surface area contributed by atoms with Crippen LogP contribution in [0.3, 0.4) is 0 Å². The van der Waals surface area contributed by atoms with Gasteiger partial charge in [-0.3, -0.25) is 0 Å². The molecule has 0 amide bonds. The standard InChI is InChI=1S/C35H49F7O3/c1-2-3-4-5-22-6-8-24(9-7-22)27-20-43-33(44-21-27)25-10-14-28(15-11-25)35(41,42)45-29-16-12-23(13-17-29)26-18-30(36)32(31(37)19-26)34(38,39)40/h18-19,22-25,27-29,33H,2-17,20-21H2,1H3. The maximum absolute atomic E-state index is 15.2. The summed E-state index contributed by atoms with van der Waals surface area (Å²) in [6.07, 6.45) is 3.76. The first-order valence-electron chi connectivity index (χ1n) is 17.3. The highest BCUT2D eigenvalue weighted by atomic mass is 19.4. The van der Waals surface area contributed by atoms with Gasteiger partial charge in [0.1, 0.15) is 17.2 Å². The molecular weight excluding hydrogens is 601 g/mol. The summed E-state index contributed by atoms with van der Waals surface area (Å²) in [5, 5.41) is 0. The fraction of sp³-hybridized carbons (Fsp3) is 0.829. The van der Waals surface area contributed by atoms with E-state index in [-0.39, 0.29) is 30.6 Å². The molecule has 4 fully saturated rings. The van der Waals surface area contributed by atoms with E-state index >= 15 is 8.78 Å². The molecule has 0 spiro atoms. The van der Waals surface area contributed by atoms with Gasteiger partial charge in [0.2, 0.25) is 0 Å². The molecule has 0 radical (unpaired) electrons. The zero-order chi connectivity index (χ0) is 32.2. The monoisotopic (exact) mass is 650 g/mol. The quantitative estimate of drug-likeness (QED) is 0.186. The normalized spacial score (nSPS) is 33.7. The minimum Gasteiger partial charge on any atom is -0.352 e. The van der Waals surface area contributed by atoms with Crippen molar-refractivity contribution in [3.8, 4) is 0 Å². The van der Waals surface area contributed by atoms with E-state index in [1.165, 1.54) is 51.4 Å². The minimum absolute atomic E-state index is 0.0901. The summed E-state index contributed by atoms with van der Waals surface area (Å²) in [4.78, 5) is 0. The first-order valence-corrected chi connectivity index (χ1v) is 17.3. The lowest BCUT2D eigenvalue weighted by molar-refractivity contribution is -0.305. The number of benzene rings is 1. The molecule has 0 aromatic heterocycles. The van der Waals surface area contributed by atoms with Gasteiger partial charge < -0.3 is 14.2 Å². The molecule has 1 saturated heterocycles. The third kappa shape index (κ3) is 8.95. The summed E-state index contributed by atoms with van der Waals surface area (Å²) in [7, 11) is 0. The number of alkyl halides is 5. The SMILES string of the molecule is CCCCCC1CCC(C2COC(C3CCC(C(F)(F)OC4CCC(c5cc(F)c(C(F)(F)F)c(F)c5)CC4)CC3)OC2)CC1. The van der Waals surface area contributed by atoms with E-state index in [0.717, 1.165) is 5.92 Å². The first kappa shape index (κ1) is 34.9. The summed E-state index contributed by atoms with van der Waals surface area (Å²) >= 11 is 0. The molecular formula is C35H49F7O3. The fourth-order valence-electron chi connectivity index (χ4n) is 8.37. The molecule has 1 aromatic carbocycles. The summed E-state index contributed by atoms with van der Waals surface area (Å²) in [5.41, 5.74) is -1.79. The topological polar surface area (TPSA) is 27.7 Å². The third-order valence-electron chi connectivity index (χ3n) is 11.2. The second-order valence-electron chi connectivity index (χ2n) is 14.2. The van der Waals surface area contributed by atoms with Crippen molar-refractivity contribution < 1.29 is 44.9 Å². The molecule has 3 saturated carbocycles. The van der Waals surface area contributed by atoms with Crippen LogP contribution < -0.4 is 0 Å². The van der Waals surface area contributed by atoms with Crippen molar-refractivity contribution in [1.29, 1.82) is 0 Å².